The molecule has 0 unspecified atom stereocenters. The lowest BCUT2D eigenvalue weighted by atomic mass is 9.83. The lowest BCUT2D eigenvalue weighted by molar-refractivity contribution is -0.134. The average molecular weight is 335 g/mol. The van der Waals surface area contributed by atoms with Crippen LogP contribution >= 0.6 is 0 Å². The minimum Gasteiger partial charge on any atom is -0.335 e. The summed E-state index contributed by atoms with van der Waals surface area (Å²) in [4.78, 5) is 15.2. The first-order valence-electron chi connectivity index (χ1n) is 9.63. The Morgan fingerprint density at radius 3 is 2.00 bits per heavy atom. The van der Waals surface area contributed by atoms with Crippen molar-refractivity contribution >= 4 is 5.91 Å². The van der Waals surface area contributed by atoms with Crippen LogP contribution in [-0.4, -0.2) is 16.8 Å². The van der Waals surface area contributed by atoms with Gasteiger partial charge in [0, 0.05) is 12.6 Å². The van der Waals surface area contributed by atoms with Crippen molar-refractivity contribution in [2.45, 2.75) is 58.0 Å². The highest BCUT2D eigenvalue weighted by atomic mass is 16.2. The van der Waals surface area contributed by atoms with Crippen molar-refractivity contribution in [1.82, 2.24) is 4.90 Å². The molecule has 3 rings (SSSR count). The van der Waals surface area contributed by atoms with Crippen LogP contribution in [0.4, 0.5) is 0 Å². The van der Waals surface area contributed by atoms with Gasteiger partial charge in [-0.1, -0.05) is 74.0 Å². The molecule has 1 amide bonds. The fourth-order valence-electron chi connectivity index (χ4n) is 3.94. The third-order valence-electron chi connectivity index (χ3n) is 5.55. The van der Waals surface area contributed by atoms with E-state index in [1.807, 2.05) is 36.4 Å². The van der Waals surface area contributed by atoms with Crippen molar-refractivity contribution in [1.29, 1.82) is 0 Å². The summed E-state index contributed by atoms with van der Waals surface area (Å²) in [6.07, 6.45) is 6.57. The lowest BCUT2D eigenvalue weighted by Gasteiger charge is -2.37. The van der Waals surface area contributed by atoms with Gasteiger partial charge in [-0.3, -0.25) is 4.79 Å². The maximum Gasteiger partial charge on any atom is 0.227 e. The number of hydrogen-bond acceptors (Lipinski definition) is 1. The molecule has 0 heterocycles. The predicted molar refractivity (Wildman–Crippen MR) is 103 cm³/mol. The molecule has 2 aromatic rings. The minimum absolute atomic E-state index is 0.259. The quantitative estimate of drug-likeness (QED) is 0.708. The number of hydrogen-bond donors (Lipinski definition) is 0. The van der Waals surface area contributed by atoms with Crippen molar-refractivity contribution < 1.29 is 4.79 Å². The summed E-state index contributed by atoms with van der Waals surface area (Å²) in [5.74, 6) is 1.11. The largest absolute Gasteiger partial charge is 0.335 e. The summed E-state index contributed by atoms with van der Waals surface area (Å²) in [6.45, 7) is 3.02. The second-order valence-corrected chi connectivity index (χ2v) is 7.25. The number of benzene rings is 2. The Kier molecular flexibility index (Phi) is 6.27. The molecule has 1 aliphatic carbocycles. The predicted octanol–water partition coefficient (Wildman–Crippen LogP) is 5.23. The van der Waals surface area contributed by atoms with E-state index in [0.717, 1.165) is 30.9 Å². The summed E-state index contributed by atoms with van der Waals surface area (Å²) in [5.41, 5.74) is 2.33. The summed E-state index contributed by atoms with van der Waals surface area (Å²) in [7, 11) is 0. The highest BCUT2D eigenvalue weighted by Crippen LogP contribution is 2.30. The molecule has 2 aromatic carbocycles. The Labute approximate surface area is 151 Å². The molecule has 2 heteroatoms. The van der Waals surface area contributed by atoms with Crippen molar-refractivity contribution in [2.24, 2.45) is 5.92 Å². The Morgan fingerprint density at radius 1 is 0.880 bits per heavy atom. The van der Waals surface area contributed by atoms with Crippen LogP contribution in [-0.2, 0) is 17.8 Å². The number of nitrogens with zero attached hydrogens (tertiary/aromatic N) is 1. The van der Waals surface area contributed by atoms with Gasteiger partial charge in [-0.05, 0) is 42.7 Å². The average Bonchev–Trinajstić information content (AvgIpc) is 2.68. The Balaban J connectivity index is 1.73. The molecule has 0 aliphatic heterocycles. The van der Waals surface area contributed by atoms with E-state index in [0.29, 0.717) is 12.5 Å². The zero-order valence-electron chi connectivity index (χ0n) is 15.2. The van der Waals surface area contributed by atoms with Crippen LogP contribution in [0.1, 0.15) is 50.2 Å². The van der Waals surface area contributed by atoms with Gasteiger partial charge in [0.05, 0.1) is 6.42 Å². The van der Waals surface area contributed by atoms with Gasteiger partial charge in [0.15, 0.2) is 0 Å². The van der Waals surface area contributed by atoms with Crippen LogP contribution in [0.25, 0.3) is 0 Å². The van der Waals surface area contributed by atoms with Gasteiger partial charge < -0.3 is 4.90 Å². The monoisotopic (exact) mass is 335 g/mol. The molecule has 1 aliphatic rings. The summed E-state index contributed by atoms with van der Waals surface area (Å²) in [6, 6.07) is 20.9. The Hall–Kier alpha value is -2.09. The highest BCUT2D eigenvalue weighted by Gasteiger charge is 2.28. The first-order chi connectivity index (χ1) is 12.3. The van der Waals surface area contributed by atoms with Crippen LogP contribution < -0.4 is 0 Å². The molecular weight excluding hydrogens is 306 g/mol. The lowest BCUT2D eigenvalue weighted by Crippen LogP contribution is -2.42. The van der Waals surface area contributed by atoms with E-state index < -0.39 is 0 Å². The number of amides is 1. The first-order valence-corrected chi connectivity index (χ1v) is 9.63. The topological polar surface area (TPSA) is 20.3 Å². The van der Waals surface area contributed by atoms with Crippen molar-refractivity contribution in [3.05, 3.63) is 71.8 Å². The van der Waals surface area contributed by atoms with Gasteiger partial charge in [0.25, 0.3) is 0 Å². The van der Waals surface area contributed by atoms with Crippen molar-refractivity contribution in [3.63, 3.8) is 0 Å². The Morgan fingerprint density at radius 2 is 1.44 bits per heavy atom. The number of carbonyl (C=O) groups excluding carboxylic acids is 1. The first kappa shape index (κ1) is 17.7. The van der Waals surface area contributed by atoms with Gasteiger partial charge in [0.2, 0.25) is 5.91 Å². The van der Waals surface area contributed by atoms with Crippen LogP contribution in [0.15, 0.2) is 60.7 Å². The van der Waals surface area contributed by atoms with Crippen LogP contribution in [0.3, 0.4) is 0 Å². The second kappa shape index (κ2) is 8.84. The van der Waals surface area contributed by atoms with Crippen LogP contribution in [0.5, 0.6) is 0 Å². The van der Waals surface area contributed by atoms with E-state index in [1.165, 1.54) is 24.8 Å². The fourth-order valence-corrected chi connectivity index (χ4v) is 3.94. The van der Waals surface area contributed by atoms with E-state index >= 15 is 0 Å². The maximum absolute atomic E-state index is 13.1. The molecule has 0 saturated heterocycles. The van der Waals surface area contributed by atoms with Crippen molar-refractivity contribution in [3.8, 4) is 0 Å². The molecule has 1 fully saturated rings. The number of rotatable bonds is 6. The van der Waals surface area contributed by atoms with E-state index in [1.54, 1.807) is 0 Å². The standard InChI is InChI=1S/C23H29NO/c1-2-19-13-15-22(16-14-19)24(18-21-11-7-4-8-12-21)23(25)17-20-9-5-3-6-10-20/h3-12,19,22H,2,13-18H2,1H3. The van der Waals surface area contributed by atoms with Gasteiger partial charge in [-0.15, -0.1) is 0 Å². The SMILES string of the molecule is CCC1CCC(N(Cc2ccccc2)C(=O)Cc2ccccc2)CC1. The van der Waals surface area contributed by atoms with Gasteiger partial charge >= 0.3 is 0 Å². The van der Waals surface area contributed by atoms with E-state index in [-0.39, 0.29) is 5.91 Å². The third-order valence-corrected chi connectivity index (χ3v) is 5.55. The molecule has 0 spiro atoms. The molecule has 0 bridgehead atoms. The summed E-state index contributed by atoms with van der Waals surface area (Å²) >= 11 is 0. The Bertz CT molecular complexity index is 644. The number of carbonyl (C=O) groups is 1. The molecular formula is C23H29NO. The molecule has 0 N–H and O–H groups in total. The second-order valence-electron chi connectivity index (χ2n) is 7.25. The van der Waals surface area contributed by atoms with Gasteiger partial charge in [-0.2, -0.15) is 0 Å². The van der Waals surface area contributed by atoms with Gasteiger partial charge in [0.1, 0.15) is 0 Å². The van der Waals surface area contributed by atoms with E-state index in [4.69, 9.17) is 0 Å². The van der Waals surface area contributed by atoms with Crippen LogP contribution in [0, 0.1) is 5.92 Å². The minimum atomic E-state index is 0.259. The van der Waals surface area contributed by atoms with Crippen LogP contribution in [0.2, 0.25) is 0 Å². The molecule has 25 heavy (non-hydrogen) atoms. The summed E-state index contributed by atoms with van der Waals surface area (Å²) in [5, 5.41) is 0. The highest BCUT2D eigenvalue weighted by molar-refractivity contribution is 5.79. The molecule has 1 saturated carbocycles. The fraction of sp³-hybridized carbons (Fsp3) is 0.435. The smallest absolute Gasteiger partial charge is 0.227 e. The molecule has 0 radical (unpaired) electrons. The summed E-state index contributed by atoms with van der Waals surface area (Å²) < 4.78 is 0. The van der Waals surface area contributed by atoms with Crippen molar-refractivity contribution in [2.75, 3.05) is 0 Å². The molecule has 132 valence electrons. The zero-order valence-corrected chi connectivity index (χ0v) is 15.2. The normalized spacial score (nSPS) is 20.2. The third kappa shape index (κ3) is 4.94. The zero-order chi connectivity index (χ0) is 17.5. The van der Waals surface area contributed by atoms with E-state index in [9.17, 15) is 4.79 Å². The molecule has 0 atom stereocenters. The van der Waals surface area contributed by atoms with E-state index in [2.05, 4.69) is 36.1 Å². The molecule has 2 nitrogen and oxygen atoms in total. The maximum atomic E-state index is 13.1. The molecule has 0 aromatic heterocycles. The van der Waals surface area contributed by atoms with Gasteiger partial charge in [-0.25, -0.2) is 0 Å².